The SMILES string of the molecule is CC1(C)CCC(N2CCC3(CCC(=O)NC3)CC2)C1. The van der Waals surface area contributed by atoms with Crippen LogP contribution in [0.1, 0.15) is 58.8 Å². The minimum absolute atomic E-state index is 0.255. The third-order valence-electron chi connectivity index (χ3n) is 5.86. The standard InChI is InChI=1S/C16H28N2O/c1-15(2)5-3-13(11-15)18-9-7-16(8-10-18)6-4-14(19)17-12-16/h13H,3-12H2,1-2H3,(H,17,19). The van der Waals surface area contributed by atoms with Crippen molar-refractivity contribution in [1.29, 1.82) is 0 Å². The van der Waals surface area contributed by atoms with Crippen LogP contribution in [0.4, 0.5) is 0 Å². The second-order valence-corrected chi connectivity index (χ2v) is 7.87. The van der Waals surface area contributed by atoms with Gasteiger partial charge in [-0.2, -0.15) is 0 Å². The number of carbonyl (C=O) groups is 1. The van der Waals surface area contributed by atoms with E-state index < -0.39 is 0 Å². The van der Waals surface area contributed by atoms with Gasteiger partial charge in [-0.15, -0.1) is 0 Å². The van der Waals surface area contributed by atoms with Crippen molar-refractivity contribution in [1.82, 2.24) is 10.2 Å². The number of nitrogens with one attached hydrogen (secondary N) is 1. The van der Waals surface area contributed by atoms with E-state index >= 15 is 0 Å². The van der Waals surface area contributed by atoms with Gasteiger partial charge in [-0.25, -0.2) is 0 Å². The molecule has 3 heteroatoms. The van der Waals surface area contributed by atoms with Crippen molar-refractivity contribution in [2.75, 3.05) is 19.6 Å². The van der Waals surface area contributed by atoms with Crippen LogP contribution in [0.3, 0.4) is 0 Å². The van der Waals surface area contributed by atoms with Gasteiger partial charge in [0.05, 0.1) is 0 Å². The van der Waals surface area contributed by atoms with Crippen molar-refractivity contribution >= 4 is 5.91 Å². The van der Waals surface area contributed by atoms with Gasteiger partial charge in [0, 0.05) is 19.0 Å². The van der Waals surface area contributed by atoms with Crippen molar-refractivity contribution in [2.45, 2.75) is 64.8 Å². The highest BCUT2D eigenvalue weighted by molar-refractivity contribution is 5.76. The van der Waals surface area contributed by atoms with Gasteiger partial charge in [0.2, 0.25) is 5.91 Å². The van der Waals surface area contributed by atoms with E-state index in [9.17, 15) is 4.79 Å². The lowest BCUT2D eigenvalue weighted by molar-refractivity contribution is -0.125. The number of rotatable bonds is 1. The van der Waals surface area contributed by atoms with Gasteiger partial charge < -0.3 is 10.2 Å². The maximum absolute atomic E-state index is 11.3. The molecular formula is C16H28N2O. The molecule has 0 aromatic rings. The Morgan fingerprint density at radius 3 is 2.42 bits per heavy atom. The number of likely N-dealkylation sites (tertiary alicyclic amines) is 1. The first-order chi connectivity index (χ1) is 8.98. The fraction of sp³-hybridized carbons (Fsp3) is 0.938. The topological polar surface area (TPSA) is 32.3 Å². The third-order valence-corrected chi connectivity index (χ3v) is 5.86. The molecule has 3 fully saturated rings. The molecule has 1 spiro atoms. The smallest absolute Gasteiger partial charge is 0.220 e. The highest BCUT2D eigenvalue weighted by Crippen LogP contribution is 2.43. The van der Waals surface area contributed by atoms with Crippen molar-refractivity contribution in [3.63, 3.8) is 0 Å². The van der Waals surface area contributed by atoms with Gasteiger partial charge in [0.25, 0.3) is 0 Å². The molecule has 108 valence electrons. The zero-order valence-electron chi connectivity index (χ0n) is 12.5. The van der Waals surface area contributed by atoms with Crippen LogP contribution in [0, 0.1) is 10.8 Å². The number of carbonyl (C=O) groups excluding carboxylic acids is 1. The zero-order valence-corrected chi connectivity index (χ0v) is 12.5. The summed E-state index contributed by atoms with van der Waals surface area (Å²) < 4.78 is 0. The van der Waals surface area contributed by atoms with Crippen LogP contribution in [-0.2, 0) is 4.79 Å². The van der Waals surface area contributed by atoms with E-state index in [2.05, 4.69) is 24.1 Å². The van der Waals surface area contributed by atoms with E-state index in [1.165, 1.54) is 45.2 Å². The fourth-order valence-electron chi connectivity index (χ4n) is 4.34. The van der Waals surface area contributed by atoms with Crippen LogP contribution in [0.15, 0.2) is 0 Å². The zero-order chi connectivity index (χ0) is 13.5. The fourth-order valence-corrected chi connectivity index (χ4v) is 4.34. The number of hydrogen-bond donors (Lipinski definition) is 1. The Balaban J connectivity index is 1.54. The number of nitrogens with zero attached hydrogens (tertiary/aromatic N) is 1. The lowest BCUT2D eigenvalue weighted by Gasteiger charge is -2.46. The normalized spacial score (nSPS) is 34.4. The monoisotopic (exact) mass is 264 g/mol. The van der Waals surface area contributed by atoms with Crippen LogP contribution in [0.2, 0.25) is 0 Å². The van der Waals surface area contributed by atoms with E-state index in [0.717, 1.165) is 25.4 Å². The Hall–Kier alpha value is -0.570. The summed E-state index contributed by atoms with van der Waals surface area (Å²) in [6.07, 6.45) is 8.57. The predicted octanol–water partition coefficient (Wildman–Crippen LogP) is 2.56. The first kappa shape index (κ1) is 13.4. The largest absolute Gasteiger partial charge is 0.356 e. The lowest BCUT2D eigenvalue weighted by atomic mass is 9.72. The maximum atomic E-state index is 11.3. The van der Waals surface area contributed by atoms with Gasteiger partial charge in [0.15, 0.2) is 0 Å². The lowest BCUT2D eigenvalue weighted by Crippen LogP contribution is -2.51. The van der Waals surface area contributed by atoms with E-state index in [1.807, 2.05) is 0 Å². The summed E-state index contributed by atoms with van der Waals surface area (Å²) in [6, 6.07) is 0.825. The molecule has 1 saturated carbocycles. The number of hydrogen-bond acceptors (Lipinski definition) is 2. The molecule has 1 unspecified atom stereocenters. The average Bonchev–Trinajstić information content (AvgIpc) is 2.75. The average molecular weight is 264 g/mol. The van der Waals surface area contributed by atoms with Gasteiger partial charge in [-0.1, -0.05) is 13.8 Å². The van der Waals surface area contributed by atoms with Crippen LogP contribution in [-0.4, -0.2) is 36.5 Å². The summed E-state index contributed by atoms with van der Waals surface area (Å²) >= 11 is 0. The summed E-state index contributed by atoms with van der Waals surface area (Å²) in [5.41, 5.74) is 0.983. The van der Waals surface area contributed by atoms with E-state index in [0.29, 0.717) is 10.8 Å². The Labute approximate surface area is 117 Å². The quantitative estimate of drug-likeness (QED) is 0.789. The molecule has 0 aromatic heterocycles. The molecule has 2 aliphatic heterocycles. The van der Waals surface area contributed by atoms with Crippen molar-refractivity contribution in [3.8, 4) is 0 Å². The van der Waals surface area contributed by atoms with Crippen molar-refractivity contribution in [3.05, 3.63) is 0 Å². The van der Waals surface area contributed by atoms with Crippen LogP contribution in [0.25, 0.3) is 0 Å². The minimum atomic E-state index is 0.255. The van der Waals surface area contributed by atoms with E-state index in [4.69, 9.17) is 0 Å². The molecule has 19 heavy (non-hydrogen) atoms. The van der Waals surface area contributed by atoms with Crippen LogP contribution >= 0.6 is 0 Å². The van der Waals surface area contributed by atoms with Crippen LogP contribution < -0.4 is 5.32 Å². The molecular weight excluding hydrogens is 236 g/mol. The van der Waals surface area contributed by atoms with Gasteiger partial charge in [-0.3, -0.25) is 4.79 Å². The highest BCUT2D eigenvalue weighted by Gasteiger charge is 2.41. The molecule has 3 nitrogen and oxygen atoms in total. The summed E-state index contributed by atoms with van der Waals surface area (Å²) in [4.78, 5) is 14.0. The molecule has 0 aromatic carbocycles. The van der Waals surface area contributed by atoms with Crippen molar-refractivity contribution < 1.29 is 4.79 Å². The molecule has 1 N–H and O–H groups in total. The van der Waals surface area contributed by atoms with Gasteiger partial charge in [-0.05, 0) is 62.4 Å². The molecule has 0 bridgehead atoms. The van der Waals surface area contributed by atoms with E-state index in [1.54, 1.807) is 0 Å². The summed E-state index contributed by atoms with van der Waals surface area (Å²) in [5.74, 6) is 0.255. The Kier molecular flexibility index (Phi) is 3.36. The number of piperidine rings is 2. The highest BCUT2D eigenvalue weighted by atomic mass is 16.1. The summed E-state index contributed by atoms with van der Waals surface area (Å²) in [5, 5.41) is 3.08. The summed E-state index contributed by atoms with van der Waals surface area (Å²) in [7, 11) is 0. The van der Waals surface area contributed by atoms with Gasteiger partial charge >= 0.3 is 0 Å². The first-order valence-electron chi connectivity index (χ1n) is 7.99. The van der Waals surface area contributed by atoms with Crippen LogP contribution in [0.5, 0.6) is 0 Å². The Bertz CT molecular complexity index is 344. The maximum Gasteiger partial charge on any atom is 0.220 e. The molecule has 0 radical (unpaired) electrons. The third kappa shape index (κ3) is 2.81. The van der Waals surface area contributed by atoms with E-state index in [-0.39, 0.29) is 5.91 Å². The second kappa shape index (κ2) is 4.76. The minimum Gasteiger partial charge on any atom is -0.356 e. The molecule has 2 saturated heterocycles. The van der Waals surface area contributed by atoms with Crippen molar-refractivity contribution in [2.24, 2.45) is 10.8 Å². The Morgan fingerprint density at radius 1 is 1.16 bits per heavy atom. The molecule has 3 aliphatic rings. The Morgan fingerprint density at radius 2 is 1.89 bits per heavy atom. The molecule has 2 heterocycles. The summed E-state index contributed by atoms with van der Waals surface area (Å²) in [6.45, 7) is 8.24. The molecule has 1 atom stereocenters. The molecule has 1 aliphatic carbocycles. The van der Waals surface area contributed by atoms with Gasteiger partial charge in [0.1, 0.15) is 0 Å². The number of amides is 1. The second-order valence-electron chi connectivity index (χ2n) is 7.87. The molecule has 3 rings (SSSR count). The first-order valence-corrected chi connectivity index (χ1v) is 7.99. The predicted molar refractivity (Wildman–Crippen MR) is 76.9 cm³/mol. The molecule has 1 amide bonds.